The minimum atomic E-state index is -0.298. The maximum absolute atomic E-state index is 11.7. The summed E-state index contributed by atoms with van der Waals surface area (Å²) in [6.45, 7) is 4.03. The highest BCUT2D eigenvalue weighted by Crippen LogP contribution is 2.18. The number of quaternary nitrogens is 1. The average Bonchev–Trinajstić information content (AvgIpc) is 2.33. The minimum absolute atomic E-state index is 0.239. The zero-order valence-corrected chi connectivity index (χ0v) is 12.3. The van der Waals surface area contributed by atoms with E-state index in [1.54, 1.807) is 6.08 Å². The maximum Gasteiger partial charge on any atom is 0.233 e. The van der Waals surface area contributed by atoms with Gasteiger partial charge in [0.15, 0.2) is 11.3 Å². The fraction of sp³-hybridized carbons (Fsp3) is 0.214. The highest BCUT2D eigenvalue weighted by molar-refractivity contribution is 7.66. The van der Waals surface area contributed by atoms with Gasteiger partial charge in [-0.05, 0) is 31.1 Å². The standard InChI is InChI=1S/C14H14ClNO2S/c1-9-3-4-10(2)11(5-9)6-12-7-13(15)8-16(17)14(12)19-18/h3-5,7-8,16H,6H2,1-2H3. The molecule has 1 aliphatic heterocycles. The third kappa shape index (κ3) is 3.22. The number of benzene rings is 1. The first-order chi connectivity index (χ1) is 9.01. The van der Waals surface area contributed by atoms with E-state index >= 15 is 0 Å². The van der Waals surface area contributed by atoms with Gasteiger partial charge in [0.25, 0.3) is 0 Å². The zero-order chi connectivity index (χ0) is 14.0. The molecule has 1 heterocycles. The van der Waals surface area contributed by atoms with Crippen molar-refractivity contribution in [3.63, 3.8) is 0 Å². The van der Waals surface area contributed by atoms with Gasteiger partial charge in [0.1, 0.15) is 6.20 Å². The van der Waals surface area contributed by atoms with Crippen LogP contribution in [0.15, 0.2) is 41.1 Å². The first kappa shape index (κ1) is 14.2. The fourth-order valence-corrected chi connectivity index (χ4v) is 2.65. The predicted molar refractivity (Wildman–Crippen MR) is 79.1 cm³/mol. The van der Waals surface area contributed by atoms with Crippen LogP contribution in [0.2, 0.25) is 0 Å². The highest BCUT2D eigenvalue weighted by Gasteiger charge is 2.20. The van der Waals surface area contributed by atoms with Crippen molar-refractivity contribution in [2.45, 2.75) is 20.3 Å². The van der Waals surface area contributed by atoms with Crippen LogP contribution in [0, 0.1) is 19.1 Å². The van der Waals surface area contributed by atoms with E-state index in [0.717, 1.165) is 16.7 Å². The summed E-state index contributed by atoms with van der Waals surface area (Å²) < 4.78 is 11.1. The lowest BCUT2D eigenvalue weighted by Crippen LogP contribution is -3.06. The lowest BCUT2D eigenvalue weighted by atomic mass is 9.97. The van der Waals surface area contributed by atoms with Gasteiger partial charge in [-0.1, -0.05) is 35.4 Å². The van der Waals surface area contributed by atoms with Crippen molar-refractivity contribution in [2.24, 2.45) is 0 Å². The van der Waals surface area contributed by atoms with Crippen LogP contribution in [-0.4, -0.2) is 9.20 Å². The van der Waals surface area contributed by atoms with E-state index in [9.17, 15) is 9.42 Å². The molecule has 0 aliphatic carbocycles. The number of aryl methyl sites for hydroxylation is 2. The lowest BCUT2D eigenvalue weighted by molar-refractivity contribution is -0.680. The lowest BCUT2D eigenvalue weighted by Gasteiger charge is -2.23. The molecule has 1 aromatic rings. The van der Waals surface area contributed by atoms with Crippen molar-refractivity contribution in [3.05, 3.63) is 63.0 Å². The Morgan fingerprint density at radius 2 is 2.11 bits per heavy atom. The van der Waals surface area contributed by atoms with Gasteiger partial charge < -0.3 is 10.3 Å². The van der Waals surface area contributed by atoms with Gasteiger partial charge in [0.05, 0.1) is 5.03 Å². The van der Waals surface area contributed by atoms with Crippen LogP contribution in [0.3, 0.4) is 0 Å². The Labute approximate surface area is 120 Å². The topological polar surface area (TPSA) is 44.6 Å². The highest BCUT2D eigenvalue weighted by atomic mass is 35.5. The summed E-state index contributed by atoms with van der Waals surface area (Å²) in [6.07, 6.45) is 3.53. The van der Waals surface area contributed by atoms with Crippen LogP contribution >= 0.6 is 11.6 Å². The number of allylic oxidation sites excluding steroid dienone is 2. The van der Waals surface area contributed by atoms with Gasteiger partial charge in [-0.25, -0.2) is 4.21 Å². The number of hydrogen-bond acceptors (Lipinski definition) is 2. The first-order valence-corrected chi connectivity index (χ1v) is 6.98. The van der Waals surface area contributed by atoms with Crippen LogP contribution in [-0.2, 0) is 17.7 Å². The fourth-order valence-electron chi connectivity index (χ4n) is 2.04. The molecule has 0 bridgehead atoms. The quantitative estimate of drug-likeness (QED) is 0.665. The molecular formula is C14H14ClNO2S. The van der Waals surface area contributed by atoms with Crippen molar-refractivity contribution in [1.29, 1.82) is 0 Å². The van der Waals surface area contributed by atoms with Crippen molar-refractivity contribution in [2.75, 3.05) is 0 Å². The third-order valence-electron chi connectivity index (χ3n) is 3.07. The molecule has 100 valence electrons. The first-order valence-electron chi connectivity index (χ1n) is 5.86. The summed E-state index contributed by atoms with van der Waals surface area (Å²) in [5.41, 5.74) is 4.10. The summed E-state index contributed by atoms with van der Waals surface area (Å²) in [4.78, 5) is 0.241. The van der Waals surface area contributed by atoms with Crippen molar-refractivity contribution in [1.82, 2.24) is 0 Å². The van der Waals surface area contributed by atoms with Crippen molar-refractivity contribution >= 4 is 27.8 Å². The predicted octanol–water partition coefficient (Wildman–Crippen LogP) is 1.59. The van der Waals surface area contributed by atoms with Gasteiger partial charge in [-0.2, -0.15) is 0 Å². The van der Waals surface area contributed by atoms with E-state index in [2.05, 4.69) is 6.07 Å². The Bertz CT molecular complexity index is 630. The molecule has 1 atom stereocenters. The molecule has 5 heteroatoms. The van der Waals surface area contributed by atoms with E-state index in [0.29, 0.717) is 17.0 Å². The summed E-state index contributed by atoms with van der Waals surface area (Å²) >= 11 is 6.14. The molecular weight excluding hydrogens is 282 g/mol. The van der Waals surface area contributed by atoms with Crippen molar-refractivity contribution in [3.8, 4) is 0 Å². The molecule has 1 aromatic carbocycles. The van der Waals surface area contributed by atoms with E-state index in [1.807, 2.05) is 26.0 Å². The van der Waals surface area contributed by atoms with Crippen LogP contribution < -0.4 is 5.06 Å². The molecule has 1 unspecified atom stereocenters. The monoisotopic (exact) mass is 295 g/mol. The van der Waals surface area contributed by atoms with Crippen LogP contribution in [0.25, 0.3) is 0 Å². The molecule has 0 saturated heterocycles. The summed E-state index contributed by atoms with van der Waals surface area (Å²) in [5.74, 6) is 0. The second-order valence-corrected chi connectivity index (χ2v) is 5.59. The number of rotatable bonds is 2. The van der Waals surface area contributed by atoms with Gasteiger partial charge in [-0.15, -0.1) is 0 Å². The molecule has 0 saturated carbocycles. The van der Waals surface area contributed by atoms with Crippen LogP contribution in [0.1, 0.15) is 16.7 Å². The molecule has 1 N–H and O–H groups in total. The molecule has 0 radical (unpaired) electrons. The molecule has 0 spiro atoms. The third-order valence-corrected chi connectivity index (χ3v) is 3.91. The number of hydrogen-bond donors (Lipinski definition) is 1. The number of hydroxylamine groups is 2. The van der Waals surface area contributed by atoms with Crippen LogP contribution in [0.5, 0.6) is 0 Å². The van der Waals surface area contributed by atoms with E-state index in [-0.39, 0.29) is 21.3 Å². The summed E-state index contributed by atoms with van der Waals surface area (Å²) in [6, 6.07) is 6.15. The Kier molecular flexibility index (Phi) is 4.37. The minimum Gasteiger partial charge on any atom is -0.623 e. The summed E-state index contributed by atoms with van der Waals surface area (Å²) in [5, 5.41) is 11.8. The van der Waals surface area contributed by atoms with Gasteiger partial charge in [0, 0.05) is 12.0 Å². The second-order valence-electron chi connectivity index (χ2n) is 4.58. The van der Waals surface area contributed by atoms with Gasteiger partial charge in [0.2, 0.25) is 4.99 Å². The second kappa shape index (κ2) is 5.84. The Morgan fingerprint density at radius 3 is 2.79 bits per heavy atom. The molecule has 1 aliphatic rings. The van der Waals surface area contributed by atoms with E-state index in [1.165, 1.54) is 6.20 Å². The van der Waals surface area contributed by atoms with Crippen molar-refractivity contribution < 1.29 is 9.27 Å². The number of halogens is 1. The molecule has 3 nitrogen and oxygen atoms in total. The number of nitrogens with one attached hydrogen (secondary N) is 1. The summed E-state index contributed by atoms with van der Waals surface area (Å²) in [7, 11) is 0. The molecule has 0 amide bonds. The normalized spacial score (nSPS) is 18.9. The SMILES string of the molecule is Cc1ccc(C)c(CC2=CC(Cl)=C[NH+]([O-])C2=S=O)c1. The Hall–Kier alpha value is -1.20. The molecule has 2 rings (SSSR count). The maximum atomic E-state index is 11.7. The zero-order valence-electron chi connectivity index (χ0n) is 10.7. The smallest absolute Gasteiger partial charge is 0.233 e. The van der Waals surface area contributed by atoms with E-state index < -0.39 is 0 Å². The largest absolute Gasteiger partial charge is 0.623 e. The molecule has 19 heavy (non-hydrogen) atoms. The molecule has 0 fully saturated rings. The van der Waals surface area contributed by atoms with E-state index in [4.69, 9.17) is 11.6 Å². The Morgan fingerprint density at radius 1 is 1.37 bits per heavy atom. The van der Waals surface area contributed by atoms with Crippen LogP contribution in [0.4, 0.5) is 0 Å². The van der Waals surface area contributed by atoms with Gasteiger partial charge >= 0.3 is 0 Å². The molecule has 0 aromatic heterocycles. The van der Waals surface area contributed by atoms with Gasteiger partial charge in [-0.3, -0.25) is 0 Å². The Balaban J connectivity index is 2.39. The average molecular weight is 296 g/mol.